The number of benzene rings is 2. The maximum absolute atomic E-state index is 14.1. The standard InChI is InChI=1S/C25H25ClFNO5/c1-25(2)17-10-13-12-28(23(29)15-4-3-5-18(27)21(15)24(30)31)9-8-19(13)32-22(17)16-11-14(26)6-7-20(16)33-25/h3-7,11,13,17,19,22H,8-10,12H2,1-2H3,(H,30,31)/t13-,17-,19-,22+/m1/s1. The zero-order valence-electron chi connectivity index (χ0n) is 18.4. The van der Waals surface area contributed by atoms with Crippen molar-refractivity contribution in [3.63, 3.8) is 0 Å². The quantitative estimate of drug-likeness (QED) is 0.667. The fourth-order valence-electron chi connectivity index (χ4n) is 5.56. The topological polar surface area (TPSA) is 76.1 Å². The Morgan fingerprint density at radius 3 is 2.79 bits per heavy atom. The van der Waals surface area contributed by atoms with E-state index >= 15 is 0 Å². The van der Waals surface area contributed by atoms with Crippen molar-refractivity contribution in [2.75, 3.05) is 13.1 Å². The molecule has 33 heavy (non-hydrogen) atoms. The Labute approximate surface area is 196 Å². The van der Waals surface area contributed by atoms with E-state index < -0.39 is 28.9 Å². The van der Waals surface area contributed by atoms with Crippen LogP contribution in [0.5, 0.6) is 5.75 Å². The molecule has 2 aromatic carbocycles. The lowest BCUT2D eigenvalue weighted by atomic mass is 9.70. The van der Waals surface area contributed by atoms with Crippen LogP contribution in [0.25, 0.3) is 0 Å². The Bertz CT molecular complexity index is 1140. The number of carbonyl (C=O) groups excluding carboxylic acids is 1. The minimum atomic E-state index is -1.45. The van der Waals surface area contributed by atoms with Gasteiger partial charge in [0.25, 0.3) is 5.91 Å². The number of piperidine rings is 1. The van der Waals surface area contributed by atoms with Crippen molar-refractivity contribution in [1.82, 2.24) is 4.90 Å². The van der Waals surface area contributed by atoms with Crippen LogP contribution in [0.15, 0.2) is 36.4 Å². The van der Waals surface area contributed by atoms with E-state index in [0.717, 1.165) is 23.8 Å². The number of likely N-dealkylation sites (tertiary alicyclic amines) is 1. The molecule has 0 spiro atoms. The van der Waals surface area contributed by atoms with Gasteiger partial charge in [0.1, 0.15) is 22.7 Å². The van der Waals surface area contributed by atoms with Crippen molar-refractivity contribution in [2.24, 2.45) is 11.8 Å². The molecule has 5 rings (SSSR count). The van der Waals surface area contributed by atoms with Gasteiger partial charge in [0.15, 0.2) is 0 Å². The first-order valence-electron chi connectivity index (χ1n) is 11.1. The van der Waals surface area contributed by atoms with Crippen LogP contribution >= 0.6 is 11.6 Å². The number of halogens is 2. The third kappa shape index (κ3) is 3.77. The average molecular weight is 474 g/mol. The summed E-state index contributed by atoms with van der Waals surface area (Å²) in [5.74, 6) is -1.93. The number of ether oxygens (including phenoxy) is 2. The summed E-state index contributed by atoms with van der Waals surface area (Å²) in [7, 11) is 0. The van der Waals surface area contributed by atoms with E-state index in [0.29, 0.717) is 24.5 Å². The summed E-state index contributed by atoms with van der Waals surface area (Å²) in [6, 6.07) is 9.38. The number of amides is 1. The summed E-state index contributed by atoms with van der Waals surface area (Å²) in [5.41, 5.74) is -0.225. The van der Waals surface area contributed by atoms with Gasteiger partial charge in [0, 0.05) is 35.5 Å². The van der Waals surface area contributed by atoms with Gasteiger partial charge in [-0.2, -0.15) is 0 Å². The first-order valence-corrected chi connectivity index (χ1v) is 11.5. The number of hydrogen-bond donors (Lipinski definition) is 1. The van der Waals surface area contributed by atoms with Gasteiger partial charge in [-0.3, -0.25) is 4.79 Å². The molecule has 0 aromatic heterocycles. The number of carboxylic acid groups (broad SMARTS) is 1. The van der Waals surface area contributed by atoms with Gasteiger partial charge in [-0.05, 0) is 57.0 Å². The summed E-state index contributed by atoms with van der Waals surface area (Å²) in [6.45, 7) is 4.92. The molecule has 0 bridgehead atoms. The van der Waals surface area contributed by atoms with Crippen LogP contribution in [-0.2, 0) is 4.74 Å². The molecule has 3 heterocycles. The lowest BCUT2D eigenvalue weighted by Crippen LogP contribution is -2.56. The van der Waals surface area contributed by atoms with Crippen LogP contribution in [-0.4, -0.2) is 46.7 Å². The van der Waals surface area contributed by atoms with Gasteiger partial charge in [-0.1, -0.05) is 17.7 Å². The predicted molar refractivity (Wildman–Crippen MR) is 119 cm³/mol. The summed E-state index contributed by atoms with van der Waals surface area (Å²) in [5, 5.41) is 10.0. The van der Waals surface area contributed by atoms with Gasteiger partial charge in [-0.15, -0.1) is 0 Å². The Morgan fingerprint density at radius 2 is 2.03 bits per heavy atom. The second-order valence-corrected chi connectivity index (χ2v) is 10.0. The molecule has 1 N–H and O–H groups in total. The smallest absolute Gasteiger partial charge is 0.339 e. The highest BCUT2D eigenvalue weighted by Gasteiger charge is 2.51. The van der Waals surface area contributed by atoms with E-state index in [1.807, 2.05) is 32.0 Å². The SMILES string of the molecule is CC1(C)Oc2ccc(Cl)cc2[C@@H]2O[C@@H]3CCN(C(=O)c4cccc(F)c4C(=O)O)C[C@H]3C[C@H]21. The molecule has 6 nitrogen and oxygen atoms in total. The fourth-order valence-corrected chi connectivity index (χ4v) is 5.74. The molecule has 2 fully saturated rings. The molecule has 8 heteroatoms. The molecule has 0 saturated carbocycles. The molecule has 2 aromatic rings. The summed E-state index contributed by atoms with van der Waals surface area (Å²) in [4.78, 5) is 26.4. The molecular formula is C25H25ClFNO5. The summed E-state index contributed by atoms with van der Waals surface area (Å²) >= 11 is 6.25. The highest BCUT2D eigenvalue weighted by molar-refractivity contribution is 6.30. The zero-order valence-corrected chi connectivity index (χ0v) is 19.1. The number of aromatic carboxylic acids is 1. The van der Waals surface area contributed by atoms with Crippen molar-refractivity contribution < 1.29 is 28.6 Å². The Morgan fingerprint density at radius 1 is 1.24 bits per heavy atom. The maximum Gasteiger partial charge on any atom is 0.339 e. The van der Waals surface area contributed by atoms with Crippen molar-refractivity contribution in [3.05, 3.63) is 63.9 Å². The van der Waals surface area contributed by atoms with Crippen LogP contribution in [0.1, 0.15) is 59.1 Å². The van der Waals surface area contributed by atoms with Gasteiger partial charge in [-0.25, -0.2) is 9.18 Å². The molecule has 0 radical (unpaired) electrons. The second-order valence-electron chi connectivity index (χ2n) is 9.59. The van der Waals surface area contributed by atoms with Gasteiger partial charge >= 0.3 is 5.97 Å². The van der Waals surface area contributed by atoms with Gasteiger partial charge < -0.3 is 19.5 Å². The molecule has 3 aliphatic heterocycles. The predicted octanol–water partition coefficient (Wildman–Crippen LogP) is 4.96. The molecule has 2 saturated heterocycles. The van der Waals surface area contributed by atoms with E-state index in [1.165, 1.54) is 12.1 Å². The zero-order chi connectivity index (χ0) is 23.5. The van der Waals surface area contributed by atoms with Gasteiger partial charge in [0.05, 0.1) is 17.8 Å². The van der Waals surface area contributed by atoms with Crippen LogP contribution in [0.3, 0.4) is 0 Å². The average Bonchev–Trinajstić information content (AvgIpc) is 2.77. The Hall–Kier alpha value is -2.64. The third-order valence-electron chi connectivity index (χ3n) is 7.20. The number of rotatable bonds is 2. The van der Waals surface area contributed by atoms with Crippen molar-refractivity contribution >= 4 is 23.5 Å². The molecular weight excluding hydrogens is 449 g/mol. The number of fused-ring (bicyclic) bond motifs is 4. The normalized spacial score (nSPS) is 27.6. The number of hydrogen-bond acceptors (Lipinski definition) is 4. The van der Waals surface area contributed by atoms with Crippen LogP contribution < -0.4 is 4.74 Å². The minimum absolute atomic E-state index is 0.0394. The van der Waals surface area contributed by atoms with Gasteiger partial charge in [0.2, 0.25) is 0 Å². The number of nitrogens with zero attached hydrogens (tertiary/aromatic N) is 1. The Balaban J connectivity index is 1.40. The van der Waals surface area contributed by atoms with E-state index in [1.54, 1.807) is 4.90 Å². The van der Waals surface area contributed by atoms with Crippen LogP contribution in [0.4, 0.5) is 4.39 Å². The maximum atomic E-state index is 14.1. The van der Waals surface area contributed by atoms with Crippen molar-refractivity contribution in [3.8, 4) is 5.75 Å². The summed E-state index contributed by atoms with van der Waals surface area (Å²) in [6.07, 6.45) is 1.22. The lowest BCUT2D eigenvalue weighted by molar-refractivity contribution is -0.184. The van der Waals surface area contributed by atoms with E-state index in [4.69, 9.17) is 21.1 Å². The molecule has 0 aliphatic carbocycles. The largest absolute Gasteiger partial charge is 0.487 e. The lowest BCUT2D eigenvalue weighted by Gasteiger charge is -2.53. The number of carboxylic acids is 1. The van der Waals surface area contributed by atoms with E-state index in [2.05, 4.69) is 0 Å². The third-order valence-corrected chi connectivity index (χ3v) is 7.43. The molecule has 4 atom stereocenters. The van der Waals surface area contributed by atoms with E-state index in [9.17, 15) is 19.1 Å². The minimum Gasteiger partial charge on any atom is -0.487 e. The van der Waals surface area contributed by atoms with Crippen LogP contribution in [0.2, 0.25) is 5.02 Å². The highest BCUT2D eigenvalue weighted by atomic mass is 35.5. The second kappa shape index (κ2) is 7.99. The number of carbonyl (C=O) groups is 2. The first-order chi connectivity index (χ1) is 15.7. The monoisotopic (exact) mass is 473 g/mol. The molecule has 3 aliphatic rings. The van der Waals surface area contributed by atoms with E-state index in [-0.39, 0.29) is 29.6 Å². The molecule has 1 amide bonds. The highest BCUT2D eigenvalue weighted by Crippen LogP contribution is 2.53. The van der Waals surface area contributed by atoms with Crippen LogP contribution in [0, 0.1) is 17.7 Å². The molecule has 174 valence electrons. The molecule has 0 unspecified atom stereocenters. The van der Waals surface area contributed by atoms with Crippen molar-refractivity contribution in [1.29, 1.82) is 0 Å². The van der Waals surface area contributed by atoms with Crippen molar-refractivity contribution in [2.45, 2.75) is 44.5 Å². The first kappa shape index (κ1) is 22.2. The Kier molecular flexibility index (Phi) is 5.37. The summed E-state index contributed by atoms with van der Waals surface area (Å²) < 4.78 is 27.0. The fraction of sp³-hybridized carbons (Fsp3) is 0.440.